The van der Waals surface area contributed by atoms with Gasteiger partial charge in [-0.2, -0.15) is 0 Å². The maximum Gasteiger partial charge on any atom is 0.573 e. The first-order valence-corrected chi connectivity index (χ1v) is 3.76. The van der Waals surface area contributed by atoms with Gasteiger partial charge in [0.1, 0.15) is 5.75 Å². The molecule has 1 rings (SSSR count). The number of pyridine rings is 1. The summed E-state index contributed by atoms with van der Waals surface area (Å²) >= 11 is 0. The van der Waals surface area contributed by atoms with Crippen LogP contribution in [-0.2, 0) is 0 Å². The van der Waals surface area contributed by atoms with Gasteiger partial charge in [0.25, 0.3) is 5.56 Å². The molecule has 0 spiro atoms. The molecule has 14 heavy (non-hydrogen) atoms. The molecule has 0 saturated carbocycles. The van der Waals surface area contributed by atoms with E-state index in [2.05, 4.69) is 9.72 Å². The molecule has 0 amide bonds. The smallest absolute Gasteiger partial charge is 0.405 e. The highest BCUT2D eigenvalue weighted by atomic mass is 19.4. The van der Waals surface area contributed by atoms with Crippen molar-refractivity contribution in [2.24, 2.45) is 0 Å². The summed E-state index contributed by atoms with van der Waals surface area (Å²) in [5.41, 5.74) is 0.00558. The van der Waals surface area contributed by atoms with Gasteiger partial charge in [0, 0.05) is 17.3 Å². The van der Waals surface area contributed by atoms with Crippen molar-refractivity contribution in [3.8, 4) is 5.75 Å². The standard InChI is InChI=1S/C8H8F3NO2/c1-4-5(2)12-7(13)3-6(4)14-8(9,10)11/h3H,1-2H3,(H,12,13). The summed E-state index contributed by atoms with van der Waals surface area (Å²) in [5.74, 6) is -0.459. The number of H-pyrrole nitrogens is 1. The number of alkyl halides is 3. The molecule has 6 heteroatoms. The summed E-state index contributed by atoms with van der Waals surface area (Å²) in [6.07, 6.45) is -4.77. The molecule has 0 radical (unpaired) electrons. The zero-order valence-electron chi connectivity index (χ0n) is 7.53. The number of rotatable bonds is 1. The molecule has 1 aromatic rings. The number of ether oxygens (including phenoxy) is 1. The van der Waals surface area contributed by atoms with E-state index in [1.807, 2.05) is 0 Å². The number of aromatic amines is 1. The van der Waals surface area contributed by atoms with Gasteiger partial charge in [-0.1, -0.05) is 0 Å². The van der Waals surface area contributed by atoms with Crippen LogP contribution < -0.4 is 10.3 Å². The third kappa shape index (κ3) is 2.51. The van der Waals surface area contributed by atoms with Crippen molar-refractivity contribution in [2.75, 3.05) is 0 Å². The minimum atomic E-state index is -4.77. The number of aromatic nitrogens is 1. The Labute approximate surface area is 77.5 Å². The average Bonchev–Trinajstić information content (AvgIpc) is 1.96. The van der Waals surface area contributed by atoms with E-state index in [1.54, 1.807) is 0 Å². The maximum atomic E-state index is 11.9. The largest absolute Gasteiger partial charge is 0.573 e. The molecule has 1 aromatic heterocycles. The molecule has 0 fully saturated rings. The number of aryl methyl sites for hydroxylation is 1. The minimum absolute atomic E-state index is 0.266. The van der Waals surface area contributed by atoms with Gasteiger partial charge in [0.15, 0.2) is 0 Å². The first-order valence-electron chi connectivity index (χ1n) is 3.76. The molecule has 0 aliphatic heterocycles. The topological polar surface area (TPSA) is 42.1 Å². The lowest BCUT2D eigenvalue weighted by Crippen LogP contribution is -2.20. The number of halogens is 3. The van der Waals surface area contributed by atoms with E-state index < -0.39 is 17.7 Å². The van der Waals surface area contributed by atoms with Gasteiger partial charge < -0.3 is 9.72 Å². The molecule has 0 atom stereocenters. The summed E-state index contributed by atoms with van der Waals surface area (Å²) in [6, 6.07) is 0.774. The number of hydrogen-bond donors (Lipinski definition) is 1. The number of nitrogens with one attached hydrogen (secondary N) is 1. The lowest BCUT2D eigenvalue weighted by molar-refractivity contribution is -0.274. The summed E-state index contributed by atoms with van der Waals surface area (Å²) in [5, 5.41) is 0. The Morgan fingerprint density at radius 2 is 1.93 bits per heavy atom. The molecule has 0 aromatic carbocycles. The SMILES string of the molecule is Cc1[nH]c(=O)cc(OC(F)(F)F)c1C. The normalized spacial score (nSPS) is 11.5. The van der Waals surface area contributed by atoms with Crippen molar-refractivity contribution in [1.82, 2.24) is 4.98 Å². The quantitative estimate of drug-likeness (QED) is 0.764. The number of hydrogen-bond acceptors (Lipinski definition) is 2. The van der Waals surface area contributed by atoms with Crippen LogP contribution in [0, 0.1) is 13.8 Å². The first-order chi connectivity index (χ1) is 6.29. The Kier molecular flexibility index (Phi) is 2.55. The second kappa shape index (κ2) is 3.36. The second-order valence-electron chi connectivity index (χ2n) is 2.80. The fourth-order valence-electron chi connectivity index (χ4n) is 0.957. The predicted molar refractivity (Wildman–Crippen MR) is 43.2 cm³/mol. The Balaban J connectivity index is 3.15. The summed E-state index contributed by atoms with van der Waals surface area (Å²) in [6.45, 7) is 2.94. The third-order valence-electron chi connectivity index (χ3n) is 1.73. The maximum absolute atomic E-state index is 11.9. The van der Waals surface area contributed by atoms with E-state index in [9.17, 15) is 18.0 Å². The lowest BCUT2D eigenvalue weighted by Gasteiger charge is -2.11. The Bertz CT molecular complexity index is 395. The monoisotopic (exact) mass is 207 g/mol. The van der Waals surface area contributed by atoms with Crippen LogP contribution in [0.2, 0.25) is 0 Å². The van der Waals surface area contributed by atoms with Crippen LogP contribution in [-0.4, -0.2) is 11.3 Å². The minimum Gasteiger partial charge on any atom is -0.405 e. The molecule has 0 unspecified atom stereocenters. The van der Waals surface area contributed by atoms with Crippen LogP contribution >= 0.6 is 0 Å². The Hall–Kier alpha value is -1.46. The molecule has 0 bridgehead atoms. The molecule has 0 saturated heterocycles. The van der Waals surface area contributed by atoms with Gasteiger partial charge in [-0.05, 0) is 13.8 Å². The van der Waals surface area contributed by atoms with E-state index in [0.29, 0.717) is 5.69 Å². The molecule has 0 aliphatic rings. The van der Waals surface area contributed by atoms with Crippen LogP contribution in [0.25, 0.3) is 0 Å². The van der Waals surface area contributed by atoms with Crippen LogP contribution in [0.4, 0.5) is 13.2 Å². The average molecular weight is 207 g/mol. The van der Waals surface area contributed by atoms with Crippen molar-refractivity contribution in [2.45, 2.75) is 20.2 Å². The molecular formula is C8H8F3NO2. The van der Waals surface area contributed by atoms with E-state index in [1.165, 1.54) is 13.8 Å². The molecule has 0 aliphatic carbocycles. The molecule has 1 N–H and O–H groups in total. The first kappa shape index (κ1) is 10.6. The molecule has 3 nitrogen and oxygen atoms in total. The van der Waals surface area contributed by atoms with E-state index >= 15 is 0 Å². The zero-order valence-corrected chi connectivity index (χ0v) is 7.53. The van der Waals surface area contributed by atoms with Crippen LogP contribution in [0.3, 0.4) is 0 Å². The highest BCUT2D eigenvalue weighted by Gasteiger charge is 2.32. The van der Waals surface area contributed by atoms with Crippen LogP contribution in [0.1, 0.15) is 11.3 Å². The molecular weight excluding hydrogens is 199 g/mol. The van der Waals surface area contributed by atoms with Crippen LogP contribution in [0.5, 0.6) is 5.75 Å². The molecule has 1 heterocycles. The molecule has 78 valence electrons. The zero-order chi connectivity index (χ0) is 10.9. The second-order valence-corrected chi connectivity index (χ2v) is 2.80. The summed E-state index contributed by atoms with van der Waals surface area (Å²) in [7, 11) is 0. The van der Waals surface area contributed by atoms with E-state index in [-0.39, 0.29) is 5.56 Å². The van der Waals surface area contributed by atoms with Gasteiger partial charge in [0.2, 0.25) is 0 Å². The third-order valence-corrected chi connectivity index (χ3v) is 1.73. The fraction of sp³-hybridized carbons (Fsp3) is 0.375. The van der Waals surface area contributed by atoms with Crippen molar-refractivity contribution >= 4 is 0 Å². The van der Waals surface area contributed by atoms with Gasteiger partial charge in [0.05, 0.1) is 0 Å². The van der Waals surface area contributed by atoms with E-state index in [4.69, 9.17) is 0 Å². The van der Waals surface area contributed by atoms with Gasteiger partial charge in [-0.3, -0.25) is 4.79 Å². The summed E-state index contributed by atoms with van der Waals surface area (Å²) < 4.78 is 39.2. The highest BCUT2D eigenvalue weighted by Crippen LogP contribution is 2.25. The van der Waals surface area contributed by atoms with Crippen molar-refractivity contribution in [1.29, 1.82) is 0 Å². The lowest BCUT2D eigenvalue weighted by atomic mass is 10.2. The van der Waals surface area contributed by atoms with Crippen molar-refractivity contribution in [3.63, 3.8) is 0 Å². The van der Waals surface area contributed by atoms with Gasteiger partial charge in [-0.25, -0.2) is 0 Å². The van der Waals surface area contributed by atoms with E-state index in [0.717, 1.165) is 6.07 Å². The van der Waals surface area contributed by atoms with Gasteiger partial charge >= 0.3 is 6.36 Å². The fourth-order valence-corrected chi connectivity index (χ4v) is 0.957. The van der Waals surface area contributed by atoms with Crippen LogP contribution in [0.15, 0.2) is 10.9 Å². The van der Waals surface area contributed by atoms with Crippen molar-refractivity contribution < 1.29 is 17.9 Å². The highest BCUT2D eigenvalue weighted by molar-refractivity contribution is 5.33. The Morgan fingerprint density at radius 3 is 2.43 bits per heavy atom. The van der Waals surface area contributed by atoms with Gasteiger partial charge in [-0.15, -0.1) is 13.2 Å². The van der Waals surface area contributed by atoms with Crippen molar-refractivity contribution in [3.05, 3.63) is 27.7 Å². The Morgan fingerprint density at radius 1 is 1.36 bits per heavy atom. The predicted octanol–water partition coefficient (Wildman–Crippen LogP) is 1.89. The summed E-state index contributed by atoms with van der Waals surface area (Å²) in [4.78, 5) is 13.2.